The number of thioether (sulfide) groups is 1. The molecule has 3 aromatic carbocycles. The normalized spacial score (nSPS) is 10.7. The Morgan fingerprint density at radius 1 is 1.00 bits per heavy atom. The fourth-order valence-corrected chi connectivity index (χ4v) is 4.08. The summed E-state index contributed by atoms with van der Waals surface area (Å²) in [5.74, 6) is 1.90. The summed E-state index contributed by atoms with van der Waals surface area (Å²) in [6, 6.07) is 22.9. The molecule has 8 heteroatoms. The second kappa shape index (κ2) is 11.7. The highest BCUT2D eigenvalue weighted by Gasteiger charge is 2.09. The lowest BCUT2D eigenvalue weighted by Crippen LogP contribution is -2.16. The molecule has 0 amide bonds. The van der Waals surface area contributed by atoms with Crippen molar-refractivity contribution in [3.63, 3.8) is 0 Å². The van der Waals surface area contributed by atoms with Gasteiger partial charge in [-0.05, 0) is 45.8 Å². The molecule has 6 nitrogen and oxygen atoms in total. The third-order valence-electron chi connectivity index (χ3n) is 4.85. The fraction of sp³-hybridized carbons (Fsp3) is 0.261. The van der Waals surface area contributed by atoms with E-state index in [9.17, 15) is 0 Å². The summed E-state index contributed by atoms with van der Waals surface area (Å²) in [5.41, 5.74) is 2.37. The van der Waals surface area contributed by atoms with Gasteiger partial charge < -0.3 is 10.1 Å². The maximum Gasteiger partial charge on any atom is 0.209 e. The van der Waals surface area contributed by atoms with Gasteiger partial charge in [0, 0.05) is 24.9 Å². The molecular weight excluding hydrogens is 430 g/mol. The summed E-state index contributed by atoms with van der Waals surface area (Å²) < 4.78 is 7.90. The summed E-state index contributed by atoms with van der Waals surface area (Å²) in [6.45, 7) is 2.25. The van der Waals surface area contributed by atoms with Crippen molar-refractivity contribution in [3.8, 4) is 5.75 Å². The van der Waals surface area contributed by atoms with Crippen LogP contribution in [-0.2, 0) is 20.2 Å². The molecule has 31 heavy (non-hydrogen) atoms. The predicted molar refractivity (Wildman–Crippen MR) is 128 cm³/mol. The van der Waals surface area contributed by atoms with E-state index >= 15 is 0 Å². The Hall–Kier alpha value is -2.61. The second-order valence-electron chi connectivity index (χ2n) is 7.00. The highest BCUT2D eigenvalue weighted by molar-refractivity contribution is 7.99. The first-order chi connectivity index (χ1) is 14.8. The number of benzene rings is 3. The Labute approximate surface area is 192 Å². The maximum absolute atomic E-state index is 6.20. The van der Waals surface area contributed by atoms with E-state index in [1.165, 1.54) is 21.9 Å². The van der Waals surface area contributed by atoms with Crippen molar-refractivity contribution in [2.24, 2.45) is 7.05 Å². The Balaban J connectivity index is 0.00000272. The maximum atomic E-state index is 6.20. The van der Waals surface area contributed by atoms with Gasteiger partial charge in [0.15, 0.2) is 0 Å². The third kappa shape index (κ3) is 6.19. The van der Waals surface area contributed by atoms with Gasteiger partial charge in [-0.25, -0.2) is 4.68 Å². The quantitative estimate of drug-likeness (QED) is 0.277. The molecule has 0 aliphatic rings. The van der Waals surface area contributed by atoms with Crippen LogP contribution in [0.2, 0.25) is 0 Å². The van der Waals surface area contributed by atoms with Crippen LogP contribution in [0, 0.1) is 0 Å². The largest absolute Gasteiger partial charge is 0.489 e. The van der Waals surface area contributed by atoms with Crippen LogP contribution in [0.1, 0.15) is 17.5 Å². The molecule has 0 fully saturated rings. The van der Waals surface area contributed by atoms with Crippen LogP contribution in [0.15, 0.2) is 71.9 Å². The smallest absolute Gasteiger partial charge is 0.209 e. The Kier molecular flexibility index (Phi) is 8.70. The van der Waals surface area contributed by atoms with E-state index in [1.807, 2.05) is 25.2 Å². The van der Waals surface area contributed by atoms with Gasteiger partial charge in [0.25, 0.3) is 0 Å². The highest BCUT2D eigenvalue weighted by Crippen LogP contribution is 2.29. The van der Waals surface area contributed by atoms with Gasteiger partial charge in [-0.15, -0.1) is 17.5 Å². The van der Waals surface area contributed by atoms with E-state index in [0.717, 1.165) is 36.2 Å². The fourth-order valence-electron chi connectivity index (χ4n) is 3.29. The minimum Gasteiger partial charge on any atom is -0.489 e. The molecule has 0 saturated carbocycles. The molecule has 4 rings (SSSR count). The van der Waals surface area contributed by atoms with E-state index < -0.39 is 0 Å². The van der Waals surface area contributed by atoms with E-state index in [0.29, 0.717) is 6.61 Å². The van der Waals surface area contributed by atoms with Crippen molar-refractivity contribution in [2.45, 2.75) is 24.7 Å². The lowest BCUT2D eigenvalue weighted by atomic mass is 10.0. The molecule has 0 atom stereocenters. The average Bonchev–Trinajstić information content (AvgIpc) is 3.20. The Morgan fingerprint density at radius 2 is 1.81 bits per heavy atom. The minimum atomic E-state index is 0. The van der Waals surface area contributed by atoms with Crippen molar-refractivity contribution in [1.29, 1.82) is 0 Å². The molecule has 0 bridgehead atoms. The summed E-state index contributed by atoms with van der Waals surface area (Å²) in [6.07, 6.45) is 1.03. The number of aryl methyl sites for hydroxylation is 1. The van der Waals surface area contributed by atoms with Gasteiger partial charge >= 0.3 is 0 Å². The topological polar surface area (TPSA) is 64.9 Å². The summed E-state index contributed by atoms with van der Waals surface area (Å²) in [7, 11) is 1.86. The van der Waals surface area contributed by atoms with E-state index in [4.69, 9.17) is 4.74 Å². The van der Waals surface area contributed by atoms with Crippen LogP contribution in [-0.4, -0.2) is 32.5 Å². The number of nitrogens with one attached hydrogen (secondary N) is 1. The number of hydrogen-bond donors (Lipinski definition) is 1. The van der Waals surface area contributed by atoms with Gasteiger partial charge in [-0.2, -0.15) is 0 Å². The first-order valence-electron chi connectivity index (χ1n) is 10.0. The standard InChI is InChI=1S/C23H25N5OS.ClH/c1-28-23(25-26-27-28)30-15-7-14-24-16-21-20-11-6-5-10-19(20)12-13-22(21)29-17-18-8-3-2-4-9-18;/h2-6,8-13,24H,7,14-17H2,1H3;1H. The zero-order valence-electron chi connectivity index (χ0n) is 17.4. The van der Waals surface area contributed by atoms with Crippen LogP contribution in [0.4, 0.5) is 0 Å². The van der Waals surface area contributed by atoms with Crippen molar-refractivity contribution >= 4 is 34.9 Å². The first kappa shape index (κ1) is 23.1. The van der Waals surface area contributed by atoms with Crippen LogP contribution in [0.25, 0.3) is 10.8 Å². The number of rotatable bonds is 10. The van der Waals surface area contributed by atoms with Crippen LogP contribution in [0.3, 0.4) is 0 Å². The van der Waals surface area contributed by atoms with Crippen LogP contribution < -0.4 is 10.1 Å². The monoisotopic (exact) mass is 455 g/mol. The number of aromatic nitrogens is 4. The second-order valence-corrected chi connectivity index (χ2v) is 8.06. The molecule has 162 valence electrons. The van der Waals surface area contributed by atoms with Crippen LogP contribution in [0.5, 0.6) is 5.75 Å². The minimum absolute atomic E-state index is 0. The number of fused-ring (bicyclic) bond motifs is 1. The molecule has 0 spiro atoms. The van der Waals surface area contributed by atoms with E-state index in [2.05, 4.69) is 69.4 Å². The Morgan fingerprint density at radius 3 is 2.61 bits per heavy atom. The SMILES string of the molecule is Cl.Cn1nnnc1SCCCNCc1c(OCc2ccccc2)ccc2ccccc12. The number of ether oxygens (including phenoxy) is 1. The summed E-state index contributed by atoms with van der Waals surface area (Å²) in [4.78, 5) is 0. The zero-order valence-corrected chi connectivity index (χ0v) is 19.0. The molecular formula is C23H26ClN5OS. The number of tetrazole rings is 1. The van der Waals surface area contributed by atoms with Gasteiger partial charge in [-0.1, -0.05) is 72.4 Å². The molecule has 1 N–H and O–H groups in total. The first-order valence-corrected chi connectivity index (χ1v) is 11.0. The number of hydrogen-bond acceptors (Lipinski definition) is 6. The predicted octanol–water partition coefficient (Wildman–Crippen LogP) is 4.64. The summed E-state index contributed by atoms with van der Waals surface area (Å²) in [5, 5.41) is 18.4. The van der Waals surface area contributed by atoms with Crippen molar-refractivity contribution < 1.29 is 4.74 Å². The van der Waals surface area contributed by atoms with E-state index in [-0.39, 0.29) is 12.4 Å². The van der Waals surface area contributed by atoms with Crippen LogP contribution >= 0.6 is 24.2 Å². The van der Waals surface area contributed by atoms with Gasteiger partial charge in [0.2, 0.25) is 5.16 Å². The Bertz CT molecular complexity index is 1090. The lowest BCUT2D eigenvalue weighted by Gasteiger charge is -2.15. The molecule has 1 aromatic heterocycles. The molecule has 1 heterocycles. The zero-order chi connectivity index (χ0) is 20.6. The van der Waals surface area contributed by atoms with Gasteiger partial charge in [0.1, 0.15) is 12.4 Å². The third-order valence-corrected chi connectivity index (χ3v) is 5.94. The molecule has 0 unspecified atom stereocenters. The number of halogens is 1. The van der Waals surface area contributed by atoms with Crippen molar-refractivity contribution in [1.82, 2.24) is 25.5 Å². The van der Waals surface area contributed by atoms with Crippen molar-refractivity contribution in [2.75, 3.05) is 12.3 Å². The number of nitrogens with zero attached hydrogens (tertiary/aromatic N) is 4. The lowest BCUT2D eigenvalue weighted by molar-refractivity contribution is 0.303. The molecule has 0 aliphatic carbocycles. The molecule has 4 aromatic rings. The van der Waals surface area contributed by atoms with Crippen molar-refractivity contribution in [3.05, 3.63) is 77.9 Å². The summed E-state index contributed by atoms with van der Waals surface area (Å²) >= 11 is 1.67. The van der Waals surface area contributed by atoms with Gasteiger partial charge in [-0.3, -0.25) is 0 Å². The van der Waals surface area contributed by atoms with E-state index in [1.54, 1.807) is 16.4 Å². The molecule has 0 saturated heterocycles. The molecule has 0 aliphatic heterocycles. The highest BCUT2D eigenvalue weighted by atomic mass is 35.5. The molecule has 0 radical (unpaired) electrons. The average molecular weight is 456 g/mol. The van der Waals surface area contributed by atoms with Gasteiger partial charge in [0.05, 0.1) is 0 Å².